The molecule has 1 aromatic carbocycles. The summed E-state index contributed by atoms with van der Waals surface area (Å²) in [5, 5.41) is 11.9. The second-order valence-corrected chi connectivity index (χ2v) is 5.23. The van der Waals surface area contributed by atoms with Crippen LogP contribution < -0.4 is 14.8 Å². The second kappa shape index (κ2) is 9.52. The van der Waals surface area contributed by atoms with Crippen LogP contribution in [0.1, 0.15) is 39.7 Å². The maximum atomic E-state index is 11.9. The molecule has 1 aromatic rings. The molecule has 0 saturated heterocycles. The lowest BCUT2D eigenvalue weighted by molar-refractivity contribution is -0.117. The Kier molecular flexibility index (Phi) is 7.69. The van der Waals surface area contributed by atoms with E-state index in [2.05, 4.69) is 5.32 Å². The lowest BCUT2D eigenvalue weighted by Gasteiger charge is -2.15. The molecule has 0 aliphatic rings. The van der Waals surface area contributed by atoms with Crippen LogP contribution >= 0.6 is 0 Å². The molecule has 0 heterocycles. The normalized spacial score (nSPS) is 11.0. The van der Waals surface area contributed by atoms with Crippen LogP contribution in [0.15, 0.2) is 23.8 Å². The second-order valence-electron chi connectivity index (χ2n) is 5.23. The van der Waals surface area contributed by atoms with E-state index in [0.717, 1.165) is 6.42 Å². The van der Waals surface area contributed by atoms with Crippen molar-refractivity contribution >= 4 is 12.0 Å². The number of nitrogens with one attached hydrogen (secondary N) is 1. The highest BCUT2D eigenvalue weighted by atomic mass is 16.5. The summed E-state index contributed by atoms with van der Waals surface area (Å²) < 4.78 is 11.3. The Balaban J connectivity index is 3.07. The Labute approximate surface area is 137 Å². The van der Waals surface area contributed by atoms with Crippen LogP contribution in [0.25, 0.3) is 6.08 Å². The van der Waals surface area contributed by atoms with Gasteiger partial charge >= 0.3 is 0 Å². The number of benzene rings is 1. The fourth-order valence-electron chi connectivity index (χ4n) is 1.88. The number of hydrogen-bond acceptors (Lipinski definition) is 4. The highest BCUT2D eigenvalue weighted by molar-refractivity contribution is 6.01. The Morgan fingerprint density at radius 1 is 1.35 bits per heavy atom. The summed E-state index contributed by atoms with van der Waals surface area (Å²) in [5.41, 5.74) is 0.784. The molecule has 0 saturated carbocycles. The summed E-state index contributed by atoms with van der Waals surface area (Å²) in [5.74, 6) is 0.879. The Morgan fingerprint density at radius 3 is 2.65 bits per heavy atom. The van der Waals surface area contributed by atoms with E-state index in [-0.39, 0.29) is 17.6 Å². The minimum atomic E-state index is -0.366. The van der Waals surface area contributed by atoms with E-state index < -0.39 is 0 Å². The number of rotatable bonds is 8. The first-order valence-electron chi connectivity index (χ1n) is 7.85. The van der Waals surface area contributed by atoms with Crippen molar-refractivity contribution in [1.82, 2.24) is 5.32 Å². The molecule has 0 fully saturated rings. The molecular formula is C18H24N2O3. The number of amides is 1. The van der Waals surface area contributed by atoms with Crippen LogP contribution in [0.2, 0.25) is 0 Å². The molecule has 0 atom stereocenters. The number of carbonyl (C=O) groups is 1. The minimum Gasteiger partial charge on any atom is -0.490 e. The number of hydrogen-bond donors (Lipinski definition) is 1. The highest BCUT2D eigenvalue weighted by Gasteiger charge is 2.11. The fourth-order valence-corrected chi connectivity index (χ4v) is 1.88. The SMILES string of the molecule is CCCNC(=O)/C(C#N)=C/c1ccc(OC(C)C)c(OCC)c1. The smallest absolute Gasteiger partial charge is 0.261 e. The van der Waals surface area contributed by atoms with Gasteiger partial charge in [-0.3, -0.25) is 4.79 Å². The third-order valence-electron chi connectivity index (χ3n) is 2.84. The van der Waals surface area contributed by atoms with Gasteiger partial charge in [0.05, 0.1) is 12.7 Å². The minimum absolute atomic E-state index is 0.0325. The van der Waals surface area contributed by atoms with Gasteiger partial charge in [0.15, 0.2) is 11.5 Å². The number of carbonyl (C=O) groups excluding carboxylic acids is 1. The van der Waals surface area contributed by atoms with Crippen LogP contribution in [0.4, 0.5) is 0 Å². The molecule has 1 N–H and O–H groups in total. The van der Waals surface area contributed by atoms with Crippen molar-refractivity contribution in [2.45, 2.75) is 40.2 Å². The van der Waals surface area contributed by atoms with Gasteiger partial charge in [0.25, 0.3) is 5.91 Å². The van der Waals surface area contributed by atoms with E-state index in [9.17, 15) is 4.79 Å². The van der Waals surface area contributed by atoms with Crippen molar-refractivity contribution in [1.29, 1.82) is 5.26 Å². The van der Waals surface area contributed by atoms with Crippen LogP contribution in [0, 0.1) is 11.3 Å². The van der Waals surface area contributed by atoms with E-state index in [1.165, 1.54) is 0 Å². The lowest BCUT2D eigenvalue weighted by atomic mass is 10.1. The van der Waals surface area contributed by atoms with E-state index in [0.29, 0.717) is 30.2 Å². The number of nitriles is 1. The van der Waals surface area contributed by atoms with Gasteiger partial charge in [-0.2, -0.15) is 5.26 Å². The summed E-state index contributed by atoms with van der Waals surface area (Å²) in [7, 11) is 0. The zero-order valence-electron chi connectivity index (χ0n) is 14.2. The fraction of sp³-hybridized carbons (Fsp3) is 0.444. The predicted molar refractivity (Wildman–Crippen MR) is 90.3 cm³/mol. The standard InChI is InChI=1S/C18H24N2O3/c1-5-9-20-18(21)15(12-19)10-14-7-8-16(23-13(3)4)17(11-14)22-6-2/h7-8,10-11,13H,5-6,9H2,1-4H3,(H,20,21)/b15-10+. The average Bonchev–Trinajstić information content (AvgIpc) is 2.52. The van der Waals surface area contributed by atoms with Crippen LogP contribution in [-0.2, 0) is 4.79 Å². The molecule has 0 bridgehead atoms. The van der Waals surface area contributed by atoms with Gasteiger partial charge in [-0.15, -0.1) is 0 Å². The molecule has 0 aliphatic heterocycles. The van der Waals surface area contributed by atoms with Gasteiger partial charge < -0.3 is 14.8 Å². The molecule has 5 heteroatoms. The zero-order valence-corrected chi connectivity index (χ0v) is 14.2. The monoisotopic (exact) mass is 316 g/mol. The zero-order chi connectivity index (χ0) is 17.2. The Morgan fingerprint density at radius 2 is 2.09 bits per heavy atom. The quantitative estimate of drug-likeness (QED) is 0.590. The van der Waals surface area contributed by atoms with E-state index in [4.69, 9.17) is 14.7 Å². The third kappa shape index (κ3) is 6.03. The summed E-state index contributed by atoms with van der Waals surface area (Å²) in [4.78, 5) is 11.9. The molecule has 0 spiro atoms. The molecule has 0 radical (unpaired) electrons. The van der Waals surface area contributed by atoms with Crippen LogP contribution in [0.3, 0.4) is 0 Å². The Hall–Kier alpha value is -2.48. The molecule has 0 unspecified atom stereocenters. The molecule has 5 nitrogen and oxygen atoms in total. The summed E-state index contributed by atoms with van der Waals surface area (Å²) >= 11 is 0. The van der Waals surface area contributed by atoms with Gasteiger partial charge in [-0.1, -0.05) is 13.0 Å². The van der Waals surface area contributed by atoms with Crippen LogP contribution in [0.5, 0.6) is 11.5 Å². The van der Waals surface area contributed by atoms with Crippen molar-refractivity contribution in [3.05, 3.63) is 29.3 Å². The largest absolute Gasteiger partial charge is 0.490 e. The average molecular weight is 316 g/mol. The molecular weight excluding hydrogens is 292 g/mol. The Bertz CT molecular complexity index is 601. The summed E-state index contributed by atoms with van der Waals surface area (Å²) in [6, 6.07) is 7.29. The van der Waals surface area contributed by atoms with Gasteiger partial charge in [-0.05, 0) is 51.0 Å². The lowest BCUT2D eigenvalue weighted by Crippen LogP contribution is -2.25. The van der Waals surface area contributed by atoms with Gasteiger partial charge in [-0.25, -0.2) is 0 Å². The first-order chi connectivity index (χ1) is 11.0. The van der Waals surface area contributed by atoms with Crippen molar-refractivity contribution in [2.75, 3.05) is 13.2 Å². The molecule has 0 aromatic heterocycles. The van der Waals surface area contributed by atoms with Gasteiger partial charge in [0.2, 0.25) is 0 Å². The summed E-state index contributed by atoms with van der Waals surface area (Å²) in [6.45, 7) is 8.77. The molecule has 1 amide bonds. The van der Waals surface area contributed by atoms with Gasteiger partial charge in [0.1, 0.15) is 11.6 Å². The molecule has 1 rings (SSSR count). The van der Waals surface area contributed by atoms with Gasteiger partial charge in [0, 0.05) is 6.54 Å². The third-order valence-corrected chi connectivity index (χ3v) is 2.84. The van der Waals surface area contributed by atoms with Crippen LogP contribution in [-0.4, -0.2) is 25.2 Å². The first-order valence-corrected chi connectivity index (χ1v) is 7.85. The molecule has 0 aliphatic carbocycles. The van der Waals surface area contributed by atoms with E-state index >= 15 is 0 Å². The molecule has 23 heavy (non-hydrogen) atoms. The summed E-state index contributed by atoms with van der Waals surface area (Å²) in [6.07, 6.45) is 2.40. The van der Waals surface area contributed by atoms with Crippen molar-refractivity contribution in [2.24, 2.45) is 0 Å². The topological polar surface area (TPSA) is 71.4 Å². The molecule has 124 valence electrons. The van der Waals surface area contributed by atoms with Crippen molar-refractivity contribution in [3.8, 4) is 17.6 Å². The van der Waals surface area contributed by atoms with Crippen molar-refractivity contribution < 1.29 is 14.3 Å². The first kappa shape index (κ1) is 18.6. The van der Waals surface area contributed by atoms with E-state index in [1.807, 2.05) is 33.8 Å². The van der Waals surface area contributed by atoms with E-state index in [1.54, 1.807) is 24.3 Å². The number of nitrogens with zero attached hydrogens (tertiary/aromatic N) is 1. The number of ether oxygens (including phenoxy) is 2. The maximum absolute atomic E-state index is 11.9. The maximum Gasteiger partial charge on any atom is 0.261 e. The highest BCUT2D eigenvalue weighted by Crippen LogP contribution is 2.30. The predicted octanol–water partition coefficient (Wildman–Crippen LogP) is 3.31. The van der Waals surface area contributed by atoms with Crippen molar-refractivity contribution in [3.63, 3.8) is 0 Å².